The number of carbonyl (C=O) groups excluding carboxylic acids is 1. The van der Waals surface area contributed by atoms with Crippen LogP contribution in [-0.2, 0) is 29.1 Å². The van der Waals surface area contributed by atoms with Gasteiger partial charge >= 0.3 is 0 Å². The van der Waals surface area contributed by atoms with E-state index in [-0.39, 0.29) is 18.6 Å². The van der Waals surface area contributed by atoms with Gasteiger partial charge in [0.2, 0.25) is 5.91 Å². The molecule has 0 bridgehead atoms. The number of nitrogens with one attached hydrogen (secondary N) is 1. The van der Waals surface area contributed by atoms with Crippen molar-refractivity contribution in [1.29, 1.82) is 0 Å². The first-order valence-electron chi connectivity index (χ1n) is 9.76. The number of para-hydroxylation sites is 1. The number of aromatic nitrogens is 1. The molecule has 0 aliphatic carbocycles. The third kappa shape index (κ3) is 4.68. The molecule has 29 heavy (non-hydrogen) atoms. The monoisotopic (exact) mass is 412 g/mol. The Bertz CT molecular complexity index is 984. The van der Waals surface area contributed by atoms with E-state index in [1.165, 1.54) is 0 Å². The Balaban J connectivity index is 1.30. The molecule has 0 fully saturated rings. The number of benzene rings is 2. The molecule has 0 spiro atoms. The van der Waals surface area contributed by atoms with Gasteiger partial charge < -0.3 is 19.5 Å². The Kier molecular flexibility index (Phi) is 5.97. The molecule has 152 valence electrons. The minimum atomic E-state index is -0.177. The lowest BCUT2D eigenvalue weighted by Gasteiger charge is -2.13. The van der Waals surface area contributed by atoms with Crippen molar-refractivity contribution < 1.29 is 19.0 Å². The highest BCUT2D eigenvalue weighted by molar-refractivity contribution is 7.18. The minimum Gasteiger partial charge on any atom is -0.494 e. The van der Waals surface area contributed by atoms with Gasteiger partial charge in [0.1, 0.15) is 29.2 Å². The fourth-order valence-electron chi connectivity index (χ4n) is 3.37. The van der Waals surface area contributed by atoms with Gasteiger partial charge in [-0.05, 0) is 38.1 Å². The molecule has 1 aliphatic rings. The molecule has 1 aromatic heterocycles. The summed E-state index contributed by atoms with van der Waals surface area (Å²) in [5, 5.41) is 3.76. The van der Waals surface area contributed by atoms with Crippen molar-refractivity contribution in [3.8, 4) is 11.5 Å². The summed E-state index contributed by atoms with van der Waals surface area (Å²) in [5.41, 5.74) is 3.01. The molecule has 0 saturated heterocycles. The summed E-state index contributed by atoms with van der Waals surface area (Å²) >= 11 is 1.58. The van der Waals surface area contributed by atoms with Crippen molar-refractivity contribution in [2.24, 2.45) is 0 Å². The maximum atomic E-state index is 12.2. The molecule has 3 aromatic rings. The summed E-state index contributed by atoms with van der Waals surface area (Å²) in [5.74, 6) is 1.49. The van der Waals surface area contributed by atoms with E-state index >= 15 is 0 Å². The van der Waals surface area contributed by atoms with Gasteiger partial charge in [-0.1, -0.05) is 12.1 Å². The Morgan fingerprint density at radius 2 is 2.21 bits per heavy atom. The second kappa shape index (κ2) is 8.80. The number of hydrogen-bond acceptors (Lipinski definition) is 6. The average molecular weight is 413 g/mol. The summed E-state index contributed by atoms with van der Waals surface area (Å²) in [6.45, 7) is 5.24. The Morgan fingerprint density at radius 1 is 1.34 bits per heavy atom. The molecule has 4 rings (SSSR count). The van der Waals surface area contributed by atoms with E-state index in [0.717, 1.165) is 44.3 Å². The number of fused-ring (bicyclic) bond motifs is 2. The molecule has 1 N–H and O–H groups in total. The Morgan fingerprint density at radius 3 is 3.03 bits per heavy atom. The first-order valence-corrected chi connectivity index (χ1v) is 10.6. The number of amides is 1. The van der Waals surface area contributed by atoms with Gasteiger partial charge in [-0.25, -0.2) is 4.98 Å². The summed E-state index contributed by atoms with van der Waals surface area (Å²) in [7, 11) is 0. The predicted octanol–water partition coefficient (Wildman–Crippen LogP) is 3.85. The highest BCUT2D eigenvalue weighted by Gasteiger charge is 2.22. The van der Waals surface area contributed by atoms with E-state index in [1.807, 2.05) is 50.2 Å². The number of carbonyl (C=O) groups is 1. The Hall–Kier alpha value is -2.64. The largest absolute Gasteiger partial charge is 0.494 e. The molecule has 0 unspecified atom stereocenters. The molecule has 1 amide bonds. The number of ether oxygens (including phenoxy) is 3. The van der Waals surface area contributed by atoms with Crippen LogP contribution in [0.4, 0.5) is 0 Å². The molecule has 0 radical (unpaired) electrons. The lowest BCUT2D eigenvalue weighted by atomic mass is 10.1. The zero-order valence-electron chi connectivity index (χ0n) is 16.6. The lowest BCUT2D eigenvalue weighted by molar-refractivity contribution is -0.126. The van der Waals surface area contributed by atoms with Gasteiger partial charge in [0.25, 0.3) is 0 Å². The molecule has 1 atom stereocenters. The van der Waals surface area contributed by atoms with E-state index in [0.29, 0.717) is 19.8 Å². The van der Waals surface area contributed by atoms with Gasteiger partial charge in [-0.2, -0.15) is 0 Å². The van der Waals surface area contributed by atoms with Crippen LogP contribution >= 0.6 is 11.3 Å². The highest BCUT2D eigenvalue weighted by Crippen LogP contribution is 2.35. The van der Waals surface area contributed by atoms with Crippen LogP contribution in [0.1, 0.15) is 30.0 Å². The minimum absolute atomic E-state index is 0.0155. The Labute approximate surface area is 173 Å². The number of rotatable bonds is 8. The van der Waals surface area contributed by atoms with E-state index in [1.54, 1.807) is 11.3 Å². The van der Waals surface area contributed by atoms with Crippen molar-refractivity contribution in [3.05, 3.63) is 52.5 Å². The molecule has 7 heteroatoms. The van der Waals surface area contributed by atoms with Crippen molar-refractivity contribution in [3.63, 3.8) is 0 Å². The van der Waals surface area contributed by atoms with Gasteiger partial charge in [-0.3, -0.25) is 4.79 Å². The zero-order valence-corrected chi connectivity index (χ0v) is 17.4. The van der Waals surface area contributed by atoms with Crippen molar-refractivity contribution >= 4 is 27.5 Å². The van der Waals surface area contributed by atoms with Crippen LogP contribution in [0.25, 0.3) is 10.2 Å². The second-order valence-electron chi connectivity index (χ2n) is 6.98. The summed E-state index contributed by atoms with van der Waals surface area (Å²) in [4.78, 5) is 16.7. The summed E-state index contributed by atoms with van der Waals surface area (Å²) < 4.78 is 18.2. The lowest BCUT2D eigenvalue weighted by Crippen LogP contribution is -2.27. The molecule has 2 aromatic carbocycles. The van der Waals surface area contributed by atoms with Crippen LogP contribution in [-0.4, -0.2) is 30.2 Å². The molecular formula is C22H24N2O4S. The summed E-state index contributed by atoms with van der Waals surface area (Å²) in [6, 6.07) is 11.9. The molecule has 6 nitrogen and oxygen atoms in total. The van der Waals surface area contributed by atoms with Crippen LogP contribution in [0.2, 0.25) is 0 Å². The van der Waals surface area contributed by atoms with Crippen molar-refractivity contribution in [2.75, 3.05) is 13.2 Å². The van der Waals surface area contributed by atoms with Crippen LogP contribution in [0, 0.1) is 0 Å². The normalized spacial score (nSPS) is 15.2. The quantitative estimate of drug-likeness (QED) is 0.609. The highest BCUT2D eigenvalue weighted by atomic mass is 32.1. The van der Waals surface area contributed by atoms with Crippen molar-refractivity contribution in [1.82, 2.24) is 10.3 Å². The SMILES string of the molecule is CCOc1cc2c(cc1CNC(=O)COCc1nc3ccccc3s1)O[C@H](C)C2. The number of nitrogens with zero attached hydrogens (tertiary/aromatic N) is 1. The molecule has 2 heterocycles. The fourth-order valence-corrected chi connectivity index (χ4v) is 4.27. The van der Waals surface area contributed by atoms with E-state index in [2.05, 4.69) is 10.3 Å². The first-order chi connectivity index (χ1) is 14.1. The first kappa shape index (κ1) is 19.7. The second-order valence-corrected chi connectivity index (χ2v) is 8.09. The maximum Gasteiger partial charge on any atom is 0.246 e. The smallest absolute Gasteiger partial charge is 0.246 e. The van der Waals surface area contributed by atoms with E-state index in [4.69, 9.17) is 14.2 Å². The van der Waals surface area contributed by atoms with Gasteiger partial charge in [0.05, 0.1) is 23.4 Å². The van der Waals surface area contributed by atoms with Crippen LogP contribution in [0.15, 0.2) is 36.4 Å². The van der Waals surface area contributed by atoms with Crippen LogP contribution in [0.5, 0.6) is 11.5 Å². The summed E-state index contributed by atoms with van der Waals surface area (Å²) in [6.07, 6.45) is 1.04. The predicted molar refractivity (Wildman–Crippen MR) is 113 cm³/mol. The van der Waals surface area contributed by atoms with Crippen molar-refractivity contribution in [2.45, 2.75) is 39.5 Å². The van der Waals surface area contributed by atoms with Gasteiger partial charge in [0, 0.05) is 24.1 Å². The third-order valence-corrected chi connectivity index (χ3v) is 5.66. The number of hydrogen-bond donors (Lipinski definition) is 1. The third-order valence-electron chi connectivity index (χ3n) is 4.65. The molecule has 0 saturated carbocycles. The molecular weight excluding hydrogens is 388 g/mol. The van der Waals surface area contributed by atoms with Crippen LogP contribution < -0.4 is 14.8 Å². The zero-order chi connectivity index (χ0) is 20.2. The number of thiazole rings is 1. The maximum absolute atomic E-state index is 12.2. The van der Waals surface area contributed by atoms with Gasteiger partial charge in [0.15, 0.2) is 0 Å². The average Bonchev–Trinajstić information content (AvgIpc) is 3.27. The van der Waals surface area contributed by atoms with E-state index < -0.39 is 0 Å². The standard InChI is InChI=1S/C22H24N2O4S/c1-3-27-18-9-15-8-14(2)28-19(15)10-16(18)11-23-21(25)12-26-13-22-24-17-6-4-5-7-20(17)29-22/h4-7,9-10,14H,3,8,11-13H2,1-2H3,(H,23,25)/t14-/m1/s1. The molecule has 1 aliphatic heterocycles. The fraction of sp³-hybridized carbons (Fsp3) is 0.364. The topological polar surface area (TPSA) is 69.7 Å². The van der Waals surface area contributed by atoms with Gasteiger partial charge in [-0.15, -0.1) is 11.3 Å². The van der Waals surface area contributed by atoms with E-state index in [9.17, 15) is 4.79 Å². The van der Waals surface area contributed by atoms with Crippen LogP contribution in [0.3, 0.4) is 0 Å².